The van der Waals surface area contributed by atoms with Crippen molar-refractivity contribution in [1.29, 1.82) is 0 Å². The average Bonchev–Trinajstić information content (AvgIpc) is 3.00. The summed E-state index contributed by atoms with van der Waals surface area (Å²) in [5.74, 6) is -2.84. The van der Waals surface area contributed by atoms with E-state index in [4.69, 9.17) is 0 Å². The zero-order valence-electron chi connectivity index (χ0n) is 24.3. The first-order valence-electron chi connectivity index (χ1n) is 13.5. The zero-order valence-corrected chi connectivity index (χ0v) is 27.5. The van der Waals surface area contributed by atoms with Crippen LogP contribution in [0.3, 0.4) is 0 Å². The molecule has 1 aliphatic rings. The van der Waals surface area contributed by atoms with Gasteiger partial charge in [-0.1, -0.05) is 62.2 Å². The molecule has 0 saturated heterocycles. The molecule has 0 N–H and O–H groups in total. The lowest BCUT2D eigenvalue weighted by Gasteiger charge is -2.35. The molecule has 0 saturated carbocycles. The van der Waals surface area contributed by atoms with E-state index < -0.39 is 16.8 Å². The van der Waals surface area contributed by atoms with Gasteiger partial charge in [-0.25, -0.2) is 8.78 Å². The second-order valence-electron chi connectivity index (χ2n) is 12.3. The van der Waals surface area contributed by atoms with Crippen molar-refractivity contribution in [3.63, 3.8) is 0 Å². The molecular formula is C35H35Br2F2N. The quantitative estimate of drug-likeness (QED) is 0.209. The molecule has 40 heavy (non-hydrogen) atoms. The molecule has 0 heterocycles. The Balaban J connectivity index is 1.61. The van der Waals surface area contributed by atoms with Gasteiger partial charge in [0, 0.05) is 26.0 Å². The number of fused-ring (bicyclic) bond motifs is 1. The van der Waals surface area contributed by atoms with Crippen molar-refractivity contribution in [2.75, 3.05) is 4.90 Å². The first-order valence-corrected chi connectivity index (χ1v) is 15.1. The van der Waals surface area contributed by atoms with E-state index in [9.17, 15) is 0 Å². The van der Waals surface area contributed by atoms with E-state index in [1.54, 1.807) is 27.7 Å². The summed E-state index contributed by atoms with van der Waals surface area (Å²) < 4.78 is 33.1. The largest absolute Gasteiger partial charge is 0.310 e. The maximum absolute atomic E-state index is 15.4. The van der Waals surface area contributed by atoms with Crippen LogP contribution in [0.25, 0.3) is 11.1 Å². The molecule has 4 aromatic carbocycles. The van der Waals surface area contributed by atoms with Gasteiger partial charge in [-0.15, -0.1) is 0 Å². The monoisotopic (exact) mass is 665 g/mol. The molecule has 4 aromatic rings. The second-order valence-corrected chi connectivity index (χ2v) is 13.8. The predicted octanol–water partition coefficient (Wildman–Crippen LogP) is 11.8. The summed E-state index contributed by atoms with van der Waals surface area (Å²) in [6, 6.07) is 23.0. The molecule has 0 fully saturated rings. The molecule has 1 nitrogen and oxygen atoms in total. The molecule has 5 rings (SSSR count). The lowest BCUT2D eigenvalue weighted by Crippen LogP contribution is -2.46. The average molecular weight is 667 g/mol. The van der Waals surface area contributed by atoms with E-state index in [1.165, 1.54) is 22.3 Å². The Bertz CT molecular complexity index is 1530. The van der Waals surface area contributed by atoms with Crippen LogP contribution in [-0.2, 0) is 10.8 Å². The van der Waals surface area contributed by atoms with E-state index in [1.807, 2.05) is 18.2 Å². The summed E-state index contributed by atoms with van der Waals surface area (Å²) in [6.07, 6.45) is 0. The minimum atomic E-state index is -2.84. The van der Waals surface area contributed by atoms with Crippen molar-refractivity contribution in [2.45, 2.75) is 72.1 Å². The highest BCUT2D eigenvalue weighted by molar-refractivity contribution is 9.10. The van der Waals surface area contributed by atoms with Crippen LogP contribution in [0.4, 0.5) is 25.8 Å². The normalized spacial score (nSPS) is 16.6. The molecule has 0 bridgehead atoms. The van der Waals surface area contributed by atoms with Gasteiger partial charge in [0.1, 0.15) is 0 Å². The fourth-order valence-corrected chi connectivity index (χ4v) is 6.72. The number of benzene rings is 4. The van der Waals surface area contributed by atoms with Gasteiger partial charge in [-0.05, 0) is 136 Å². The number of anilines is 3. The smallest absolute Gasteiger partial charge is 0.266 e. The Morgan fingerprint density at radius 3 is 1.38 bits per heavy atom. The van der Waals surface area contributed by atoms with Crippen LogP contribution < -0.4 is 4.90 Å². The van der Waals surface area contributed by atoms with Crippen LogP contribution in [0.1, 0.15) is 61.1 Å². The van der Waals surface area contributed by atoms with Gasteiger partial charge in [0.05, 0.1) is 10.8 Å². The highest BCUT2D eigenvalue weighted by Gasteiger charge is 2.65. The molecule has 1 aliphatic carbocycles. The number of aryl methyl sites for hydroxylation is 4. The summed E-state index contributed by atoms with van der Waals surface area (Å²) in [6.45, 7) is 15.1. The Morgan fingerprint density at radius 1 is 0.525 bits per heavy atom. The van der Waals surface area contributed by atoms with Crippen molar-refractivity contribution < 1.29 is 8.78 Å². The molecule has 5 heteroatoms. The SMILES string of the molecule is Cc1cc(N(c2ccc(-c3ccc4c(c3)C(C)(C)C(F)(F)C4(C)C)cc2)c2cc(C)c(Br)c(C)c2)cc(C)c1Br. The lowest BCUT2D eigenvalue weighted by atomic mass is 9.77. The Kier molecular flexibility index (Phi) is 7.11. The Hall–Kier alpha value is -2.50. The molecule has 208 valence electrons. The molecule has 0 aromatic heterocycles. The number of halogens is 4. The minimum Gasteiger partial charge on any atom is -0.310 e. The fourth-order valence-electron chi connectivity index (χ4n) is 6.26. The summed E-state index contributed by atoms with van der Waals surface area (Å²) in [4.78, 5) is 2.28. The Morgan fingerprint density at radius 2 is 0.925 bits per heavy atom. The van der Waals surface area contributed by atoms with E-state index in [0.717, 1.165) is 48.3 Å². The van der Waals surface area contributed by atoms with Crippen LogP contribution in [0.2, 0.25) is 0 Å². The van der Waals surface area contributed by atoms with Gasteiger partial charge in [-0.3, -0.25) is 0 Å². The summed E-state index contributed by atoms with van der Waals surface area (Å²) >= 11 is 7.43. The number of hydrogen-bond donors (Lipinski definition) is 0. The third-order valence-electron chi connectivity index (χ3n) is 8.75. The predicted molar refractivity (Wildman–Crippen MR) is 172 cm³/mol. The third-order valence-corrected chi connectivity index (χ3v) is 11.3. The lowest BCUT2D eigenvalue weighted by molar-refractivity contribution is -0.105. The van der Waals surface area contributed by atoms with Gasteiger partial charge >= 0.3 is 0 Å². The molecule has 0 aliphatic heterocycles. The van der Waals surface area contributed by atoms with Gasteiger partial charge in [0.2, 0.25) is 0 Å². The zero-order chi connectivity index (χ0) is 29.4. The molecule has 0 amide bonds. The molecular weight excluding hydrogens is 632 g/mol. The van der Waals surface area contributed by atoms with Crippen LogP contribution in [0, 0.1) is 27.7 Å². The summed E-state index contributed by atoms with van der Waals surface area (Å²) in [7, 11) is 0. The highest BCUT2D eigenvalue weighted by atomic mass is 79.9. The number of rotatable bonds is 4. The van der Waals surface area contributed by atoms with Crippen molar-refractivity contribution in [3.8, 4) is 11.1 Å². The number of hydrogen-bond acceptors (Lipinski definition) is 1. The fraction of sp³-hybridized carbons (Fsp3) is 0.314. The summed E-state index contributed by atoms with van der Waals surface area (Å²) in [5, 5.41) is 0. The maximum Gasteiger partial charge on any atom is 0.266 e. The summed E-state index contributed by atoms with van der Waals surface area (Å²) in [5.41, 5.74) is 8.82. The third kappa shape index (κ3) is 4.36. The van der Waals surface area contributed by atoms with Crippen molar-refractivity contribution >= 4 is 48.9 Å². The molecule has 0 atom stereocenters. The first kappa shape index (κ1) is 29.0. The van der Waals surface area contributed by atoms with E-state index in [0.29, 0.717) is 0 Å². The Labute approximate surface area is 253 Å². The van der Waals surface area contributed by atoms with E-state index in [-0.39, 0.29) is 0 Å². The van der Waals surface area contributed by atoms with Crippen molar-refractivity contribution in [2.24, 2.45) is 0 Å². The second kappa shape index (κ2) is 9.80. The number of nitrogens with zero attached hydrogens (tertiary/aromatic N) is 1. The number of alkyl halides is 2. The van der Waals surface area contributed by atoms with E-state index >= 15 is 8.78 Å². The van der Waals surface area contributed by atoms with Gasteiger partial charge in [-0.2, -0.15) is 0 Å². The van der Waals surface area contributed by atoms with Crippen LogP contribution >= 0.6 is 31.9 Å². The van der Waals surface area contributed by atoms with Gasteiger partial charge in [0.15, 0.2) is 0 Å². The maximum atomic E-state index is 15.4. The molecule has 0 spiro atoms. The van der Waals surface area contributed by atoms with Crippen LogP contribution in [0.15, 0.2) is 75.7 Å². The standard InChI is InChI=1S/C35H35Br2F2N/c1-20-15-27(16-21(2)31(20)36)40(28-17-22(3)32(37)23(4)18-28)26-12-9-24(10-13-26)25-11-14-29-30(19-25)34(7,8)35(38,39)33(29,5)6/h9-19H,1-8H3. The molecule has 0 radical (unpaired) electrons. The topological polar surface area (TPSA) is 3.24 Å². The molecule has 0 unspecified atom stereocenters. The van der Waals surface area contributed by atoms with Crippen LogP contribution in [-0.4, -0.2) is 5.92 Å². The van der Waals surface area contributed by atoms with E-state index in [2.05, 4.69) is 113 Å². The van der Waals surface area contributed by atoms with Gasteiger partial charge < -0.3 is 4.90 Å². The first-order chi connectivity index (χ1) is 18.6. The minimum absolute atomic E-state index is 0.729. The van der Waals surface area contributed by atoms with Crippen molar-refractivity contribution in [3.05, 3.63) is 109 Å². The highest BCUT2D eigenvalue weighted by Crippen LogP contribution is 2.59. The van der Waals surface area contributed by atoms with Crippen molar-refractivity contribution in [1.82, 2.24) is 0 Å². The van der Waals surface area contributed by atoms with Gasteiger partial charge in [0.25, 0.3) is 5.92 Å². The van der Waals surface area contributed by atoms with Crippen LogP contribution in [0.5, 0.6) is 0 Å².